The van der Waals surface area contributed by atoms with Gasteiger partial charge in [-0.2, -0.15) is 0 Å². The van der Waals surface area contributed by atoms with Crippen LogP contribution in [0.1, 0.15) is 36.1 Å². The highest BCUT2D eigenvalue weighted by atomic mass is 16.3. The number of anilines is 1. The molecule has 0 aliphatic carbocycles. The lowest BCUT2D eigenvalue weighted by Crippen LogP contribution is -2.48. The van der Waals surface area contributed by atoms with Crippen LogP contribution < -0.4 is 5.73 Å². The average molecular weight is 444 g/mol. The van der Waals surface area contributed by atoms with Crippen molar-refractivity contribution in [3.05, 3.63) is 102 Å². The Balaban J connectivity index is 1.73. The summed E-state index contributed by atoms with van der Waals surface area (Å²) in [5.74, 6) is 0.0291. The molecule has 0 bridgehead atoms. The molecule has 1 heterocycles. The van der Waals surface area contributed by atoms with E-state index < -0.39 is 5.41 Å². The van der Waals surface area contributed by atoms with E-state index in [0.717, 1.165) is 29.7 Å². The maximum absolute atomic E-state index is 14.3. The van der Waals surface area contributed by atoms with Gasteiger partial charge in [-0.05, 0) is 42.2 Å². The lowest BCUT2D eigenvalue weighted by Gasteiger charge is -2.39. The Bertz CT molecular complexity index is 1010. The fourth-order valence-corrected chi connectivity index (χ4v) is 4.84. The Labute approximate surface area is 196 Å². The van der Waals surface area contributed by atoms with E-state index in [0.29, 0.717) is 18.8 Å². The zero-order valence-corrected chi connectivity index (χ0v) is 19.4. The molecule has 0 radical (unpaired) electrons. The molecule has 3 aromatic carbocycles. The highest BCUT2D eigenvalue weighted by Crippen LogP contribution is 2.36. The number of β-amino-alcohol motifs (C(OH)–C–C–N with tert-alkyl or cyclic N) is 1. The number of carbonyl (C=O) groups excluding carboxylic acids is 1. The first-order valence-electron chi connectivity index (χ1n) is 11.5. The molecule has 0 aromatic heterocycles. The van der Waals surface area contributed by atoms with Crippen molar-refractivity contribution < 1.29 is 9.90 Å². The van der Waals surface area contributed by atoms with E-state index in [2.05, 4.69) is 4.90 Å². The van der Waals surface area contributed by atoms with Crippen LogP contribution in [0.4, 0.5) is 5.69 Å². The summed E-state index contributed by atoms with van der Waals surface area (Å²) >= 11 is 0. The Morgan fingerprint density at radius 3 is 2.06 bits per heavy atom. The number of nitrogen functional groups attached to an aromatic ring is 1. The summed E-state index contributed by atoms with van der Waals surface area (Å²) in [7, 11) is 1.89. The predicted molar refractivity (Wildman–Crippen MR) is 133 cm³/mol. The van der Waals surface area contributed by atoms with Gasteiger partial charge in [-0.15, -0.1) is 0 Å². The molecule has 33 heavy (non-hydrogen) atoms. The van der Waals surface area contributed by atoms with Crippen molar-refractivity contribution in [3.8, 4) is 0 Å². The number of hydrogen-bond donors (Lipinski definition) is 2. The Morgan fingerprint density at radius 2 is 1.58 bits per heavy atom. The molecule has 5 heteroatoms. The van der Waals surface area contributed by atoms with E-state index >= 15 is 0 Å². The van der Waals surface area contributed by atoms with Gasteiger partial charge in [0.1, 0.15) is 0 Å². The standard InChI is InChI=1S/C28H33N3O2/c1-28(22-9-5-3-6-10-22,23-11-7-4-8-12-23)27(33)30(2)26(20-31-18-17-25(32)19-31)21-13-15-24(29)16-14-21/h3-16,25-26,32H,17-20,29H2,1-2H3/t25-,26+/m0/s1. The summed E-state index contributed by atoms with van der Waals surface area (Å²) < 4.78 is 0. The van der Waals surface area contributed by atoms with Crippen LogP contribution in [-0.4, -0.2) is 53.6 Å². The van der Waals surface area contributed by atoms with E-state index in [1.54, 1.807) is 0 Å². The lowest BCUT2D eigenvalue weighted by molar-refractivity contribution is -0.136. The first-order valence-corrected chi connectivity index (χ1v) is 11.5. The number of hydrogen-bond acceptors (Lipinski definition) is 4. The molecule has 5 nitrogen and oxygen atoms in total. The van der Waals surface area contributed by atoms with Crippen molar-refractivity contribution in [2.75, 3.05) is 32.4 Å². The number of rotatable bonds is 7. The second-order valence-corrected chi connectivity index (χ2v) is 9.16. The molecule has 1 saturated heterocycles. The van der Waals surface area contributed by atoms with Crippen molar-refractivity contribution in [3.63, 3.8) is 0 Å². The minimum Gasteiger partial charge on any atom is -0.399 e. The normalized spacial score (nSPS) is 17.6. The first kappa shape index (κ1) is 23.0. The molecule has 1 aliphatic rings. The number of nitrogens with zero attached hydrogens (tertiary/aromatic N) is 2. The third-order valence-electron chi connectivity index (χ3n) is 6.92. The van der Waals surface area contributed by atoms with Crippen LogP contribution in [0.15, 0.2) is 84.9 Å². The van der Waals surface area contributed by atoms with Crippen molar-refractivity contribution >= 4 is 11.6 Å². The average Bonchev–Trinajstić information content (AvgIpc) is 3.27. The first-order chi connectivity index (χ1) is 15.9. The zero-order valence-electron chi connectivity index (χ0n) is 19.4. The Hall–Kier alpha value is -3.15. The van der Waals surface area contributed by atoms with Crippen LogP contribution in [-0.2, 0) is 10.2 Å². The Morgan fingerprint density at radius 1 is 1.03 bits per heavy atom. The summed E-state index contributed by atoms with van der Waals surface area (Å²) in [5, 5.41) is 10.1. The van der Waals surface area contributed by atoms with E-state index in [1.165, 1.54) is 0 Å². The molecule has 172 valence electrons. The van der Waals surface area contributed by atoms with Crippen molar-refractivity contribution in [1.82, 2.24) is 9.80 Å². The fourth-order valence-electron chi connectivity index (χ4n) is 4.84. The highest BCUT2D eigenvalue weighted by Gasteiger charge is 2.41. The quantitative estimate of drug-likeness (QED) is 0.545. The summed E-state index contributed by atoms with van der Waals surface area (Å²) in [6, 6.07) is 27.5. The van der Waals surface area contributed by atoms with Crippen LogP contribution in [0.2, 0.25) is 0 Å². The molecule has 3 aromatic rings. The maximum atomic E-state index is 14.3. The molecule has 0 unspecified atom stereocenters. The molecule has 1 amide bonds. The van der Waals surface area contributed by atoms with Crippen LogP contribution >= 0.6 is 0 Å². The topological polar surface area (TPSA) is 69.8 Å². The van der Waals surface area contributed by atoms with Crippen LogP contribution in [0.25, 0.3) is 0 Å². The van der Waals surface area contributed by atoms with Gasteiger partial charge in [0, 0.05) is 32.4 Å². The summed E-state index contributed by atoms with van der Waals surface area (Å²) in [5.41, 5.74) is 8.75. The predicted octanol–water partition coefficient (Wildman–Crippen LogP) is 3.84. The molecule has 2 atom stereocenters. The second kappa shape index (κ2) is 9.77. The number of aliphatic hydroxyl groups excluding tert-OH is 1. The van der Waals surface area contributed by atoms with E-state index in [-0.39, 0.29) is 18.1 Å². The molecular weight excluding hydrogens is 410 g/mol. The smallest absolute Gasteiger partial charge is 0.237 e. The van der Waals surface area contributed by atoms with Gasteiger partial charge >= 0.3 is 0 Å². The van der Waals surface area contributed by atoms with E-state index in [4.69, 9.17) is 5.73 Å². The molecular formula is C28H33N3O2. The summed E-state index contributed by atoms with van der Waals surface area (Å²) in [4.78, 5) is 18.4. The number of likely N-dealkylation sites (N-methyl/N-ethyl adjacent to an activating group) is 1. The molecule has 4 rings (SSSR count). The van der Waals surface area contributed by atoms with Gasteiger partial charge in [0.15, 0.2) is 0 Å². The number of amides is 1. The van der Waals surface area contributed by atoms with Crippen molar-refractivity contribution in [2.24, 2.45) is 0 Å². The van der Waals surface area contributed by atoms with Gasteiger partial charge in [-0.25, -0.2) is 0 Å². The molecule has 0 spiro atoms. The van der Waals surface area contributed by atoms with E-state index in [9.17, 15) is 9.90 Å². The SMILES string of the molecule is CN(C(=O)C(C)(c1ccccc1)c1ccccc1)[C@H](CN1CC[C@H](O)C1)c1ccc(N)cc1. The van der Waals surface area contributed by atoms with Gasteiger partial charge in [0.2, 0.25) is 5.91 Å². The molecule has 0 saturated carbocycles. The van der Waals surface area contributed by atoms with Crippen LogP contribution in [0.5, 0.6) is 0 Å². The number of aliphatic hydroxyl groups is 1. The Kier molecular flexibility index (Phi) is 6.82. The summed E-state index contributed by atoms with van der Waals surface area (Å²) in [6.45, 7) is 4.12. The zero-order chi connectivity index (χ0) is 23.4. The molecule has 1 fully saturated rings. The van der Waals surface area contributed by atoms with Crippen LogP contribution in [0, 0.1) is 0 Å². The maximum Gasteiger partial charge on any atom is 0.237 e. The van der Waals surface area contributed by atoms with Crippen molar-refractivity contribution in [1.29, 1.82) is 0 Å². The van der Waals surface area contributed by atoms with Gasteiger partial charge in [-0.3, -0.25) is 9.69 Å². The molecule has 3 N–H and O–H groups in total. The van der Waals surface area contributed by atoms with Gasteiger partial charge in [0.25, 0.3) is 0 Å². The monoisotopic (exact) mass is 443 g/mol. The minimum atomic E-state index is -0.839. The third-order valence-corrected chi connectivity index (χ3v) is 6.92. The lowest BCUT2D eigenvalue weighted by atomic mass is 9.74. The second-order valence-electron chi connectivity index (χ2n) is 9.16. The van der Waals surface area contributed by atoms with Gasteiger partial charge < -0.3 is 15.7 Å². The third kappa shape index (κ3) is 4.80. The fraction of sp³-hybridized carbons (Fsp3) is 0.321. The molecule has 1 aliphatic heterocycles. The highest BCUT2D eigenvalue weighted by molar-refractivity contribution is 5.92. The number of benzene rings is 3. The van der Waals surface area contributed by atoms with Gasteiger partial charge in [0.05, 0.1) is 17.6 Å². The number of likely N-dealkylation sites (tertiary alicyclic amines) is 1. The van der Waals surface area contributed by atoms with E-state index in [1.807, 2.05) is 104 Å². The number of carbonyl (C=O) groups is 1. The number of nitrogens with two attached hydrogens (primary N) is 1. The summed E-state index contributed by atoms with van der Waals surface area (Å²) in [6.07, 6.45) is 0.453. The minimum absolute atomic E-state index is 0.0291. The van der Waals surface area contributed by atoms with Crippen molar-refractivity contribution in [2.45, 2.75) is 30.9 Å². The largest absolute Gasteiger partial charge is 0.399 e. The van der Waals surface area contributed by atoms with Gasteiger partial charge in [-0.1, -0.05) is 72.8 Å². The van der Waals surface area contributed by atoms with Crippen LogP contribution in [0.3, 0.4) is 0 Å².